The number of anilines is 3. The second-order valence-corrected chi connectivity index (χ2v) is 13.6. The average molecular weight is 738 g/mol. The van der Waals surface area contributed by atoms with E-state index in [1.165, 1.54) is 0 Å². The maximum Gasteiger partial charge on any atom is 0.0651 e. The molecule has 0 saturated carbocycles. The lowest BCUT2D eigenvalue weighted by molar-refractivity contribution is 1.28. The smallest absolute Gasteiger partial charge is 0.0651 e. The molecule has 0 fully saturated rings. The molecule has 57 heavy (non-hydrogen) atoms. The summed E-state index contributed by atoms with van der Waals surface area (Å²) in [4.78, 5) is 0.906. The Balaban J connectivity index is 1.28. The van der Waals surface area contributed by atoms with Gasteiger partial charge in [-0.1, -0.05) is 200 Å². The number of benzene rings is 10. The standard InChI is InChI=1S/C56H39N/c1-3-13-40(14-4-1)41-25-27-42(28-26-41)43-29-34-49(35-30-43)57(51-21-11-20-48(39-51)53-24-12-19-44-15-7-9-22-52(44)53)50-36-31-46(32-37-50)55-38-33-45-16-8-10-23-54(45)56(55)47-17-5-2-6-18-47/h1-39H/i11D,20D,21D,29D,30D,31D,32D,34D,35D,36D,37D,39D. The minimum atomic E-state index is -0.728. The molecule has 0 N–H and O–H groups in total. The van der Waals surface area contributed by atoms with Gasteiger partial charge in [0.15, 0.2) is 0 Å². The van der Waals surface area contributed by atoms with Gasteiger partial charge in [0.05, 0.1) is 16.4 Å². The zero-order valence-corrected chi connectivity index (χ0v) is 30.5. The lowest BCUT2D eigenvalue weighted by atomic mass is 9.90. The summed E-state index contributed by atoms with van der Waals surface area (Å²) in [6, 6.07) is 42.8. The highest BCUT2D eigenvalue weighted by Gasteiger charge is 2.17. The van der Waals surface area contributed by atoms with E-state index in [0.29, 0.717) is 27.6 Å². The van der Waals surface area contributed by atoms with Crippen LogP contribution in [0.25, 0.3) is 77.2 Å². The number of nitrogens with zero attached hydrogens (tertiary/aromatic N) is 1. The van der Waals surface area contributed by atoms with Crippen LogP contribution in [0.5, 0.6) is 0 Å². The fraction of sp³-hybridized carbons (Fsp3) is 0. The first kappa shape index (κ1) is 23.4. The Hall–Kier alpha value is -7.48. The first-order valence-corrected chi connectivity index (χ1v) is 18.6. The molecular weight excluding hydrogens is 687 g/mol. The Kier molecular flexibility index (Phi) is 6.16. The monoisotopic (exact) mass is 737 g/mol. The lowest BCUT2D eigenvalue weighted by Gasteiger charge is -2.27. The third kappa shape index (κ3) is 6.66. The number of rotatable bonds is 8. The predicted octanol–water partition coefficient (Wildman–Crippen LogP) is 15.8. The zero-order valence-electron chi connectivity index (χ0n) is 42.5. The highest BCUT2D eigenvalue weighted by atomic mass is 15.1. The van der Waals surface area contributed by atoms with Crippen LogP contribution >= 0.6 is 0 Å². The highest BCUT2D eigenvalue weighted by molar-refractivity contribution is 6.04. The summed E-state index contributed by atoms with van der Waals surface area (Å²) in [5.74, 6) is 0. The third-order valence-corrected chi connectivity index (χ3v) is 10.1. The summed E-state index contributed by atoms with van der Waals surface area (Å²) >= 11 is 0. The topological polar surface area (TPSA) is 3.24 Å². The molecule has 0 heterocycles. The fourth-order valence-electron chi connectivity index (χ4n) is 7.33. The van der Waals surface area contributed by atoms with Crippen LogP contribution in [0.15, 0.2) is 236 Å². The van der Waals surface area contributed by atoms with Crippen molar-refractivity contribution in [3.05, 3.63) is 236 Å². The van der Waals surface area contributed by atoms with Crippen LogP contribution in [0.3, 0.4) is 0 Å². The molecule has 0 radical (unpaired) electrons. The van der Waals surface area contributed by atoms with Crippen LogP contribution in [0.4, 0.5) is 17.1 Å². The van der Waals surface area contributed by atoms with Crippen LogP contribution < -0.4 is 4.90 Å². The van der Waals surface area contributed by atoms with E-state index in [1.807, 2.05) is 121 Å². The molecule has 0 aliphatic rings. The third-order valence-electron chi connectivity index (χ3n) is 10.1. The molecule has 0 bridgehead atoms. The first-order chi connectivity index (χ1) is 33.3. The Morgan fingerprint density at radius 3 is 1.51 bits per heavy atom. The maximum atomic E-state index is 9.91. The predicted molar refractivity (Wildman–Crippen MR) is 243 cm³/mol. The Labute approximate surface area is 351 Å². The van der Waals surface area contributed by atoms with Crippen molar-refractivity contribution in [1.82, 2.24) is 0 Å². The molecule has 10 aromatic rings. The molecule has 0 saturated heterocycles. The fourth-order valence-corrected chi connectivity index (χ4v) is 7.33. The van der Waals surface area contributed by atoms with Gasteiger partial charge in [0, 0.05) is 17.1 Å². The molecule has 0 spiro atoms. The van der Waals surface area contributed by atoms with E-state index < -0.39 is 89.6 Å². The van der Waals surface area contributed by atoms with Crippen LogP contribution in [-0.4, -0.2) is 0 Å². The van der Waals surface area contributed by atoms with Crippen LogP contribution in [0.2, 0.25) is 0 Å². The Bertz CT molecular complexity index is 3630. The van der Waals surface area contributed by atoms with Crippen LogP contribution in [0.1, 0.15) is 16.4 Å². The van der Waals surface area contributed by atoms with Gasteiger partial charge in [-0.15, -0.1) is 0 Å². The summed E-state index contributed by atoms with van der Waals surface area (Å²) in [6.45, 7) is 0. The molecule has 10 aromatic carbocycles. The molecule has 1 nitrogen and oxygen atoms in total. The van der Waals surface area contributed by atoms with Gasteiger partial charge in [0.25, 0.3) is 0 Å². The largest absolute Gasteiger partial charge is 0.310 e. The minimum Gasteiger partial charge on any atom is -0.310 e. The summed E-state index contributed by atoms with van der Waals surface area (Å²) in [5, 5.41) is 3.08. The van der Waals surface area contributed by atoms with Gasteiger partial charge in [-0.05, 0) is 113 Å². The number of hydrogen-bond donors (Lipinski definition) is 0. The normalized spacial score (nSPS) is 14.1. The highest BCUT2D eigenvalue weighted by Crippen LogP contribution is 2.42. The van der Waals surface area contributed by atoms with E-state index in [4.69, 9.17) is 0 Å². The zero-order chi connectivity index (χ0) is 48.4. The molecule has 0 atom stereocenters. The average Bonchev–Trinajstić information content (AvgIpc) is 3.37. The van der Waals surface area contributed by atoms with Crippen molar-refractivity contribution in [2.24, 2.45) is 0 Å². The van der Waals surface area contributed by atoms with E-state index in [0.717, 1.165) is 37.7 Å². The van der Waals surface area contributed by atoms with Gasteiger partial charge in [-0.2, -0.15) is 0 Å². The SMILES string of the molecule is [2H]c1c([2H])c(-c2cccc3ccccc23)c([2H])c(N(c2c([2H])c([2H])c(-c3ccc(-c4ccccc4)cc3)c([2H])c2[2H])c2c([2H])c([2H])c(-c3ccc4ccccc4c3-c3ccccc3)c([2H])c2[2H])c1[2H]. The van der Waals surface area contributed by atoms with E-state index in [2.05, 4.69) is 0 Å². The van der Waals surface area contributed by atoms with Gasteiger partial charge in [-0.25, -0.2) is 0 Å². The van der Waals surface area contributed by atoms with Crippen LogP contribution in [0, 0.1) is 0 Å². The Morgan fingerprint density at radius 1 is 0.298 bits per heavy atom. The van der Waals surface area contributed by atoms with Crippen molar-refractivity contribution in [3.63, 3.8) is 0 Å². The Morgan fingerprint density at radius 2 is 0.825 bits per heavy atom. The molecule has 268 valence electrons. The first-order valence-electron chi connectivity index (χ1n) is 24.6. The van der Waals surface area contributed by atoms with Crippen LogP contribution in [-0.2, 0) is 0 Å². The number of fused-ring (bicyclic) bond motifs is 2. The quantitative estimate of drug-likeness (QED) is 0.150. The summed E-state index contributed by atoms with van der Waals surface area (Å²) in [6.07, 6.45) is 0. The molecule has 1 heteroatoms. The molecular formula is C56H39N. The lowest BCUT2D eigenvalue weighted by Crippen LogP contribution is -2.10. The molecule has 0 aliphatic carbocycles. The van der Waals surface area contributed by atoms with E-state index in [-0.39, 0.29) is 16.7 Å². The van der Waals surface area contributed by atoms with Gasteiger partial charge < -0.3 is 4.90 Å². The van der Waals surface area contributed by atoms with Crippen molar-refractivity contribution < 1.29 is 16.4 Å². The van der Waals surface area contributed by atoms with E-state index >= 15 is 0 Å². The molecule has 0 aromatic heterocycles. The van der Waals surface area contributed by atoms with Gasteiger partial charge in [-0.3, -0.25) is 0 Å². The minimum absolute atomic E-state index is 0.0516. The van der Waals surface area contributed by atoms with Gasteiger partial charge in [0.1, 0.15) is 0 Å². The molecule has 0 unspecified atom stereocenters. The summed E-state index contributed by atoms with van der Waals surface area (Å²) in [5.41, 5.74) is 2.51. The second kappa shape index (κ2) is 15.0. The van der Waals surface area contributed by atoms with E-state index in [9.17, 15) is 16.4 Å². The maximum absolute atomic E-state index is 9.91. The van der Waals surface area contributed by atoms with Crippen molar-refractivity contribution in [1.29, 1.82) is 0 Å². The summed E-state index contributed by atoms with van der Waals surface area (Å²) < 4.78 is 115. The molecule has 0 amide bonds. The van der Waals surface area contributed by atoms with Gasteiger partial charge in [0.2, 0.25) is 0 Å². The van der Waals surface area contributed by atoms with Crippen molar-refractivity contribution in [2.75, 3.05) is 4.90 Å². The van der Waals surface area contributed by atoms with Crippen molar-refractivity contribution in [2.45, 2.75) is 0 Å². The van der Waals surface area contributed by atoms with E-state index in [1.54, 1.807) is 42.5 Å². The molecule has 0 aliphatic heterocycles. The number of hydrogen-bond acceptors (Lipinski definition) is 1. The van der Waals surface area contributed by atoms with Gasteiger partial charge >= 0.3 is 0 Å². The molecule has 10 rings (SSSR count). The van der Waals surface area contributed by atoms with Crippen molar-refractivity contribution >= 4 is 38.6 Å². The summed E-state index contributed by atoms with van der Waals surface area (Å²) in [7, 11) is 0. The second-order valence-electron chi connectivity index (χ2n) is 13.6. The van der Waals surface area contributed by atoms with Crippen molar-refractivity contribution in [3.8, 4) is 55.6 Å².